The zero-order valence-corrected chi connectivity index (χ0v) is 60.0. The minimum atomic E-state index is -0.662. The fraction of sp³-hybridized carbons (Fsp3) is 0.927. The highest BCUT2D eigenvalue weighted by Crippen LogP contribution is 2.20. The predicted molar refractivity (Wildman–Crippen MR) is 389 cm³/mol. The lowest BCUT2D eigenvalue weighted by Gasteiger charge is -2.22. The Labute approximate surface area is 551 Å². The quantitative estimate of drug-likeness (QED) is 0.0320. The van der Waals surface area contributed by atoms with Crippen molar-refractivity contribution in [2.45, 2.75) is 475 Å². The number of hydrogen-bond donors (Lipinski definition) is 3. The molecule has 0 aliphatic rings. The summed E-state index contributed by atoms with van der Waals surface area (Å²) in [6.45, 7) is 4.98. The topological polar surface area (TPSA) is 95.9 Å². The van der Waals surface area contributed by atoms with Gasteiger partial charge in [-0.05, 0) is 57.8 Å². The fourth-order valence-electron chi connectivity index (χ4n) is 13.1. The van der Waals surface area contributed by atoms with Crippen LogP contribution in [0.2, 0.25) is 0 Å². The Morgan fingerprint density at radius 3 is 0.886 bits per heavy atom. The van der Waals surface area contributed by atoms with Crippen molar-refractivity contribution in [1.82, 2.24) is 5.32 Å². The third-order valence-corrected chi connectivity index (χ3v) is 19.3. The molecule has 0 rings (SSSR count). The summed E-state index contributed by atoms with van der Waals surface area (Å²) in [4.78, 5) is 24.7. The Morgan fingerprint density at radius 1 is 0.318 bits per heavy atom. The Kier molecular flexibility index (Phi) is 76.3. The van der Waals surface area contributed by atoms with Crippen LogP contribution in [0.4, 0.5) is 0 Å². The van der Waals surface area contributed by atoms with Crippen molar-refractivity contribution in [3.63, 3.8) is 0 Å². The average molecular weight is 1240 g/mol. The van der Waals surface area contributed by atoms with Crippen molar-refractivity contribution in [3.05, 3.63) is 24.3 Å². The first-order valence-electron chi connectivity index (χ1n) is 40.6. The first kappa shape index (κ1) is 86.3. The number of carbonyl (C=O) groups is 2. The lowest BCUT2D eigenvalue weighted by molar-refractivity contribution is -0.143. The molecule has 0 bridgehead atoms. The van der Waals surface area contributed by atoms with Gasteiger partial charge in [0.25, 0.3) is 0 Å². The molecule has 0 radical (unpaired) electrons. The Bertz CT molecular complexity index is 1380. The molecule has 6 nitrogen and oxygen atoms in total. The largest absolute Gasteiger partial charge is 0.466 e. The molecule has 0 fully saturated rings. The number of aliphatic hydroxyl groups excluding tert-OH is 2. The van der Waals surface area contributed by atoms with Gasteiger partial charge in [-0.1, -0.05) is 417 Å². The molecule has 2 atom stereocenters. The van der Waals surface area contributed by atoms with Crippen molar-refractivity contribution in [2.75, 3.05) is 13.2 Å². The van der Waals surface area contributed by atoms with Crippen LogP contribution < -0.4 is 5.32 Å². The lowest BCUT2D eigenvalue weighted by atomic mass is 10.0. The second-order valence-corrected chi connectivity index (χ2v) is 28.1. The fourth-order valence-corrected chi connectivity index (χ4v) is 13.1. The molecule has 0 aromatic carbocycles. The zero-order valence-electron chi connectivity index (χ0n) is 60.0. The molecule has 0 aromatic heterocycles. The summed E-state index contributed by atoms with van der Waals surface area (Å²) in [5.74, 6) is -0.00973. The van der Waals surface area contributed by atoms with E-state index in [1.807, 2.05) is 0 Å². The highest BCUT2D eigenvalue weighted by atomic mass is 16.5. The Morgan fingerprint density at radius 2 is 0.568 bits per heavy atom. The third-order valence-electron chi connectivity index (χ3n) is 19.3. The highest BCUT2D eigenvalue weighted by molar-refractivity contribution is 5.76. The SMILES string of the molecule is CCCCC/C=C\C/C=C\CCCCCCCCCC(=O)OCCCCCCCCCCCCCCCCCCCCCCCCCCCCCCCCCCCC(=O)NC(CO)C(O)CCCCCCCCCCCCCCCCCCCCCCC. The van der Waals surface area contributed by atoms with Crippen molar-refractivity contribution in [2.24, 2.45) is 0 Å². The van der Waals surface area contributed by atoms with E-state index in [4.69, 9.17) is 4.74 Å². The van der Waals surface area contributed by atoms with Crippen LogP contribution in [-0.4, -0.2) is 47.4 Å². The second-order valence-electron chi connectivity index (χ2n) is 28.1. The van der Waals surface area contributed by atoms with Crippen molar-refractivity contribution >= 4 is 11.9 Å². The number of esters is 1. The maximum atomic E-state index is 12.6. The number of aliphatic hydroxyl groups is 2. The van der Waals surface area contributed by atoms with Crippen LogP contribution in [0.25, 0.3) is 0 Å². The molecule has 0 heterocycles. The standard InChI is InChI=1S/C82H159NO5/c1-3-5-7-9-11-13-15-17-19-21-22-36-39-43-46-50-54-58-62-66-70-74-80(85)79(78-84)83-81(86)75-71-67-63-59-55-51-47-44-40-37-34-32-30-28-26-24-23-25-27-29-31-33-35-38-41-45-49-53-57-61-65-69-73-77-88-82(87)76-72-68-64-60-56-52-48-42-20-18-16-14-12-10-8-6-4-2/h12,14,18,20,79-80,84-85H,3-11,13,15-17,19,21-78H2,1-2H3,(H,83,86)/b14-12-,20-18-. The van der Waals surface area contributed by atoms with Gasteiger partial charge < -0.3 is 20.3 Å². The third kappa shape index (κ3) is 73.4. The highest BCUT2D eigenvalue weighted by Gasteiger charge is 2.20. The van der Waals surface area contributed by atoms with Crippen LogP contribution in [-0.2, 0) is 14.3 Å². The maximum absolute atomic E-state index is 12.6. The van der Waals surface area contributed by atoms with Crippen LogP contribution in [0, 0.1) is 0 Å². The first-order valence-corrected chi connectivity index (χ1v) is 40.6. The molecule has 0 aliphatic carbocycles. The van der Waals surface area contributed by atoms with Gasteiger partial charge in [-0.3, -0.25) is 9.59 Å². The van der Waals surface area contributed by atoms with E-state index < -0.39 is 12.1 Å². The van der Waals surface area contributed by atoms with Gasteiger partial charge >= 0.3 is 5.97 Å². The average Bonchev–Trinajstić information content (AvgIpc) is 3.58. The maximum Gasteiger partial charge on any atom is 0.305 e. The van der Waals surface area contributed by atoms with Crippen LogP contribution in [0.5, 0.6) is 0 Å². The number of carbonyl (C=O) groups excluding carboxylic acids is 2. The number of rotatable bonds is 77. The van der Waals surface area contributed by atoms with Gasteiger partial charge in [0.15, 0.2) is 0 Å². The van der Waals surface area contributed by atoms with E-state index in [1.165, 1.54) is 379 Å². The first-order chi connectivity index (χ1) is 43.5. The summed E-state index contributed by atoms with van der Waals surface area (Å²) in [6, 6.07) is -0.539. The van der Waals surface area contributed by atoms with Crippen LogP contribution >= 0.6 is 0 Å². The molecule has 1 amide bonds. The predicted octanol–water partition coefficient (Wildman–Crippen LogP) is 26.8. The van der Waals surface area contributed by atoms with Gasteiger partial charge in [0.05, 0.1) is 25.4 Å². The monoisotopic (exact) mass is 1240 g/mol. The molecular weight excluding hydrogens is 1080 g/mol. The van der Waals surface area contributed by atoms with E-state index >= 15 is 0 Å². The number of amides is 1. The summed E-state index contributed by atoms with van der Waals surface area (Å²) >= 11 is 0. The number of allylic oxidation sites excluding steroid dienone is 4. The zero-order chi connectivity index (χ0) is 63.5. The van der Waals surface area contributed by atoms with Gasteiger partial charge in [-0.2, -0.15) is 0 Å². The van der Waals surface area contributed by atoms with Gasteiger partial charge in [0.2, 0.25) is 5.91 Å². The minimum absolute atomic E-state index is 0.0150. The molecular formula is C82H159NO5. The number of ether oxygens (including phenoxy) is 1. The van der Waals surface area contributed by atoms with Crippen molar-refractivity contribution < 1.29 is 24.5 Å². The van der Waals surface area contributed by atoms with Crippen molar-refractivity contribution in [3.8, 4) is 0 Å². The smallest absolute Gasteiger partial charge is 0.305 e. The van der Waals surface area contributed by atoms with Gasteiger partial charge in [0.1, 0.15) is 0 Å². The summed E-state index contributed by atoms with van der Waals surface area (Å²) in [6.07, 6.45) is 99.9. The number of unbranched alkanes of at least 4 members (excludes halogenated alkanes) is 62. The molecule has 522 valence electrons. The van der Waals surface area contributed by atoms with E-state index in [1.54, 1.807) is 0 Å². The molecule has 6 heteroatoms. The molecule has 0 saturated heterocycles. The van der Waals surface area contributed by atoms with Gasteiger partial charge in [-0.15, -0.1) is 0 Å². The molecule has 0 aliphatic heterocycles. The molecule has 0 saturated carbocycles. The number of hydrogen-bond acceptors (Lipinski definition) is 5. The van der Waals surface area contributed by atoms with E-state index in [0.29, 0.717) is 25.9 Å². The molecule has 88 heavy (non-hydrogen) atoms. The van der Waals surface area contributed by atoms with Crippen LogP contribution in [0.1, 0.15) is 463 Å². The summed E-state index contributed by atoms with van der Waals surface area (Å²) in [5, 5.41) is 23.5. The summed E-state index contributed by atoms with van der Waals surface area (Å²) < 4.78 is 5.51. The number of nitrogens with one attached hydrogen (secondary N) is 1. The minimum Gasteiger partial charge on any atom is -0.466 e. The molecule has 3 N–H and O–H groups in total. The van der Waals surface area contributed by atoms with E-state index in [2.05, 4.69) is 43.5 Å². The Balaban J connectivity index is 3.32. The summed E-state index contributed by atoms with van der Waals surface area (Å²) in [5.41, 5.74) is 0. The second kappa shape index (κ2) is 77.8. The van der Waals surface area contributed by atoms with Gasteiger partial charge in [-0.25, -0.2) is 0 Å². The lowest BCUT2D eigenvalue weighted by Crippen LogP contribution is -2.45. The van der Waals surface area contributed by atoms with Crippen LogP contribution in [0.3, 0.4) is 0 Å². The van der Waals surface area contributed by atoms with Gasteiger partial charge in [0, 0.05) is 12.8 Å². The summed E-state index contributed by atoms with van der Waals surface area (Å²) in [7, 11) is 0. The van der Waals surface area contributed by atoms with Crippen LogP contribution in [0.15, 0.2) is 24.3 Å². The molecule has 0 spiro atoms. The normalized spacial score (nSPS) is 12.5. The van der Waals surface area contributed by atoms with E-state index in [9.17, 15) is 19.8 Å². The van der Waals surface area contributed by atoms with E-state index in [-0.39, 0.29) is 18.5 Å². The molecule has 0 aromatic rings. The van der Waals surface area contributed by atoms with Crippen molar-refractivity contribution in [1.29, 1.82) is 0 Å². The van der Waals surface area contributed by atoms with E-state index in [0.717, 1.165) is 51.4 Å². The Hall–Kier alpha value is -1.66. The molecule has 2 unspecified atom stereocenters.